The van der Waals surface area contributed by atoms with Gasteiger partial charge in [-0.1, -0.05) is 24.3 Å². The van der Waals surface area contributed by atoms with Crippen LogP contribution in [0.2, 0.25) is 0 Å². The van der Waals surface area contributed by atoms with Gasteiger partial charge in [-0.25, -0.2) is 15.0 Å². The Morgan fingerprint density at radius 3 is 2.55 bits per heavy atom. The zero-order valence-electron chi connectivity index (χ0n) is 23.0. The predicted octanol–water partition coefficient (Wildman–Crippen LogP) is 2.53. The summed E-state index contributed by atoms with van der Waals surface area (Å²) in [5, 5.41) is 10.4. The summed E-state index contributed by atoms with van der Waals surface area (Å²) in [6.45, 7) is 3.57. The fraction of sp³-hybridized carbons (Fsp3) is 0.444. The molecule has 0 amide bonds. The molecule has 2 saturated heterocycles. The number of nitrogen functional groups attached to an aromatic ring is 1. The molecule has 2 aliphatic rings. The molecule has 2 aromatic heterocycles. The number of benzene rings is 1. The van der Waals surface area contributed by atoms with Gasteiger partial charge in [0.15, 0.2) is 23.5 Å². The Balaban J connectivity index is 1.08. The molecule has 0 aliphatic carbocycles. The van der Waals surface area contributed by atoms with E-state index in [1.54, 1.807) is 49.0 Å². The third kappa shape index (κ3) is 6.70. The summed E-state index contributed by atoms with van der Waals surface area (Å²) in [7, 11) is 0. The van der Waals surface area contributed by atoms with Crippen LogP contribution >= 0.6 is 0 Å². The van der Waals surface area contributed by atoms with Gasteiger partial charge in [-0.2, -0.15) is 0 Å². The Kier molecular flexibility index (Phi) is 8.42. The Labute approximate surface area is 239 Å². The van der Waals surface area contributed by atoms with Crippen molar-refractivity contribution in [1.82, 2.24) is 19.5 Å². The summed E-state index contributed by atoms with van der Waals surface area (Å²) >= 11 is 0. The molecule has 5 rings (SSSR count). The summed E-state index contributed by atoms with van der Waals surface area (Å²) in [6.07, 6.45) is 3.11. The second-order valence-corrected chi connectivity index (χ2v) is 10.3. The maximum absolute atomic E-state index is 12.4. The topological polar surface area (TPSA) is 193 Å². The molecule has 1 aromatic carbocycles. The molecule has 4 atom stereocenters. The fourth-order valence-corrected chi connectivity index (χ4v) is 4.81. The van der Waals surface area contributed by atoms with Crippen molar-refractivity contribution in [2.45, 2.75) is 70.0 Å². The van der Waals surface area contributed by atoms with Crippen molar-refractivity contribution in [3.63, 3.8) is 0 Å². The second-order valence-electron chi connectivity index (χ2n) is 10.3. The van der Waals surface area contributed by atoms with Crippen molar-refractivity contribution in [3.05, 3.63) is 64.4 Å². The molecule has 0 unspecified atom stereocenters. The summed E-state index contributed by atoms with van der Waals surface area (Å²) < 4.78 is 30.8. The number of esters is 2. The Morgan fingerprint density at radius 2 is 1.81 bits per heavy atom. The summed E-state index contributed by atoms with van der Waals surface area (Å²) in [5.41, 5.74) is 8.22. The van der Waals surface area contributed by atoms with Gasteiger partial charge in [-0.3, -0.25) is 24.3 Å². The molecule has 3 aromatic rings. The first-order valence-electron chi connectivity index (χ1n) is 13.3. The molecule has 0 saturated carbocycles. The van der Waals surface area contributed by atoms with Crippen molar-refractivity contribution in [2.24, 2.45) is 0 Å². The lowest BCUT2D eigenvalue weighted by Gasteiger charge is -2.24. The number of aromatic nitrogens is 4. The number of hydrogen-bond donors (Lipinski definition) is 1. The van der Waals surface area contributed by atoms with E-state index in [0.29, 0.717) is 16.7 Å². The smallest absolute Gasteiger partial charge is 0.306 e. The quantitative estimate of drug-likeness (QED) is 0.197. The first-order valence-corrected chi connectivity index (χ1v) is 13.3. The number of carbonyl (C=O) groups is 2. The molecule has 42 heavy (non-hydrogen) atoms. The molecule has 222 valence electrons. The number of ether oxygens (including phenoxy) is 5. The minimum Gasteiger partial charge on any atom is -0.463 e. The zero-order chi connectivity index (χ0) is 29.9. The van der Waals surface area contributed by atoms with Crippen LogP contribution in [0.1, 0.15) is 50.5 Å². The van der Waals surface area contributed by atoms with Crippen molar-refractivity contribution in [1.29, 1.82) is 0 Å². The minimum atomic E-state index is -0.874. The first-order chi connectivity index (χ1) is 20.1. The molecule has 15 heteroatoms. The average Bonchev–Trinajstić information content (AvgIpc) is 3.61. The highest BCUT2D eigenvalue weighted by atomic mass is 16.8. The van der Waals surface area contributed by atoms with E-state index in [9.17, 15) is 19.7 Å². The Morgan fingerprint density at radius 1 is 1.10 bits per heavy atom. The van der Waals surface area contributed by atoms with Gasteiger partial charge in [0.05, 0.1) is 11.3 Å². The number of imidazole rings is 1. The Bertz CT molecular complexity index is 1490. The third-order valence-electron chi connectivity index (χ3n) is 6.73. The number of hydrogen-bond acceptors (Lipinski definition) is 13. The van der Waals surface area contributed by atoms with Crippen LogP contribution in [0.15, 0.2) is 43.1 Å². The predicted molar refractivity (Wildman–Crippen MR) is 145 cm³/mol. The number of nitro groups is 1. The molecule has 0 spiro atoms. The molecular weight excluding hydrogens is 552 g/mol. The molecule has 2 fully saturated rings. The largest absolute Gasteiger partial charge is 0.463 e. The van der Waals surface area contributed by atoms with Gasteiger partial charge in [0, 0.05) is 18.9 Å². The standard InChI is InChI=1S/C27H30N6O9/c1-27(2)41-22-18(40-26(23(22)42-27)32-15-31-21-24(28)29-14-30-25(21)32)13-39-20(35)5-3-4-19(34)38-12-17-8-6-16(7-9-17)10-11-33(36)37/h6-11,14-15,18,22-23,26H,3-5,12-13H2,1-2H3,(H2,28,29,30)/b11-10+/t18-,22-,23-,26-/m1/s1. The molecule has 2 aliphatic heterocycles. The normalized spacial score (nSPS) is 22.8. The highest BCUT2D eigenvalue weighted by Crippen LogP contribution is 2.43. The maximum Gasteiger partial charge on any atom is 0.306 e. The van der Waals surface area contributed by atoms with Crippen LogP contribution in [0.5, 0.6) is 0 Å². The number of rotatable bonds is 11. The van der Waals surface area contributed by atoms with Crippen LogP contribution < -0.4 is 5.73 Å². The van der Waals surface area contributed by atoms with E-state index in [1.807, 2.05) is 0 Å². The van der Waals surface area contributed by atoms with Gasteiger partial charge in [-0.15, -0.1) is 0 Å². The van der Waals surface area contributed by atoms with Crippen LogP contribution in [-0.4, -0.2) is 67.1 Å². The molecule has 0 radical (unpaired) electrons. The number of nitrogens with two attached hydrogens (primary N) is 1. The number of nitrogens with zero attached hydrogens (tertiary/aromatic N) is 5. The molecule has 4 heterocycles. The summed E-state index contributed by atoms with van der Waals surface area (Å²) in [6, 6.07) is 6.79. The van der Waals surface area contributed by atoms with Gasteiger partial charge in [0.1, 0.15) is 43.4 Å². The molecular formula is C27H30N6O9. The van der Waals surface area contributed by atoms with Crippen LogP contribution in [0.3, 0.4) is 0 Å². The van der Waals surface area contributed by atoms with Gasteiger partial charge >= 0.3 is 11.9 Å². The first kappa shape index (κ1) is 29.0. The van der Waals surface area contributed by atoms with E-state index in [4.69, 9.17) is 29.4 Å². The second kappa shape index (κ2) is 12.2. The maximum atomic E-state index is 12.4. The van der Waals surface area contributed by atoms with Crippen molar-refractivity contribution in [2.75, 3.05) is 12.3 Å². The van der Waals surface area contributed by atoms with E-state index < -0.39 is 47.2 Å². The van der Waals surface area contributed by atoms with Crippen molar-refractivity contribution < 1.29 is 38.2 Å². The van der Waals surface area contributed by atoms with Gasteiger partial charge < -0.3 is 29.4 Å². The highest BCUT2D eigenvalue weighted by Gasteiger charge is 2.56. The average molecular weight is 583 g/mol. The molecule has 0 bridgehead atoms. The van der Waals surface area contributed by atoms with E-state index in [0.717, 1.165) is 11.8 Å². The van der Waals surface area contributed by atoms with Crippen LogP contribution in [0, 0.1) is 10.1 Å². The monoisotopic (exact) mass is 582 g/mol. The molecule has 15 nitrogen and oxygen atoms in total. The van der Waals surface area contributed by atoms with E-state index in [-0.39, 0.29) is 38.3 Å². The van der Waals surface area contributed by atoms with Crippen molar-refractivity contribution in [3.8, 4) is 0 Å². The van der Waals surface area contributed by atoms with E-state index in [2.05, 4.69) is 15.0 Å². The summed E-state index contributed by atoms with van der Waals surface area (Å²) in [5.74, 6) is -1.58. The van der Waals surface area contributed by atoms with E-state index in [1.165, 1.54) is 12.4 Å². The number of anilines is 1. The lowest BCUT2D eigenvalue weighted by atomic mass is 10.1. The van der Waals surface area contributed by atoms with Gasteiger partial charge in [-0.05, 0) is 31.4 Å². The lowest BCUT2D eigenvalue weighted by molar-refractivity contribution is -0.400. The van der Waals surface area contributed by atoms with Crippen molar-refractivity contribution >= 4 is 35.0 Å². The Hall–Kier alpha value is -4.47. The van der Waals surface area contributed by atoms with Gasteiger partial charge in [0.25, 0.3) is 0 Å². The zero-order valence-corrected chi connectivity index (χ0v) is 23.0. The summed E-state index contributed by atoms with van der Waals surface area (Å²) in [4.78, 5) is 47.0. The number of carbonyl (C=O) groups excluding carboxylic acids is 2. The van der Waals surface area contributed by atoms with Crippen LogP contribution in [0.4, 0.5) is 5.82 Å². The van der Waals surface area contributed by atoms with E-state index >= 15 is 0 Å². The van der Waals surface area contributed by atoms with Crippen LogP contribution in [-0.2, 0) is 39.9 Å². The van der Waals surface area contributed by atoms with Crippen LogP contribution in [0.25, 0.3) is 17.2 Å². The van der Waals surface area contributed by atoms with Gasteiger partial charge in [0.2, 0.25) is 6.20 Å². The lowest BCUT2D eigenvalue weighted by Crippen LogP contribution is -2.33. The fourth-order valence-electron chi connectivity index (χ4n) is 4.81. The number of fused-ring (bicyclic) bond motifs is 2. The third-order valence-corrected chi connectivity index (χ3v) is 6.73. The minimum absolute atomic E-state index is 0.0159. The SMILES string of the molecule is CC1(C)O[C@@H]2[C@H](O1)[C@@H](COC(=O)CCCC(=O)OCc1ccc(/C=C/[N+](=O)[O-])cc1)O[C@H]2n1cnc2c(N)ncnc21. The highest BCUT2D eigenvalue weighted by molar-refractivity contribution is 5.81. The molecule has 2 N–H and O–H groups in total.